The summed E-state index contributed by atoms with van der Waals surface area (Å²) in [6.07, 6.45) is 2.84. The zero-order chi connectivity index (χ0) is 14.0. The van der Waals surface area contributed by atoms with Gasteiger partial charge in [-0.15, -0.1) is 0 Å². The molecule has 0 N–H and O–H groups in total. The van der Waals surface area contributed by atoms with E-state index in [1.54, 1.807) is 6.20 Å². The molecule has 0 spiro atoms. The lowest BCUT2D eigenvalue weighted by Gasteiger charge is -2.24. The number of hydrogen-bond donors (Lipinski definition) is 0. The van der Waals surface area contributed by atoms with Gasteiger partial charge in [0.2, 0.25) is 0 Å². The van der Waals surface area contributed by atoms with Crippen molar-refractivity contribution in [2.24, 2.45) is 0 Å². The van der Waals surface area contributed by atoms with E-state index in [4.69, 9.17) is 9.47 Å². The minimum Gasteiger partial charge on any atom is -0.467 e. The molecule has 1 unspecified atom stereocenters. The SMILES string of the molecule is COC(=O)C(OC(C)(C)C)c1cn2ccccc2n1. The second-order valence-corrected chi connectivity index (χ2v) is 5.27. The molecular weight excluding hydrogens is 244 g/mol. The second kappa shape index (κ2) is 5.01. The summed E-state index contributed by atoms with van der Waals surface area (Å²) < 4.78 is 12.4. The van der Waals surface area contributed by atoms with Crippen molar-refractivity contribution in [3.63, 3.8) is 0 Å². The van der Waals surface area contributed by atoms with Gasteiger partial charge in [0.25, 0.3) is 0 Å². The van der Waals surface area contributed by atoms with Crippen LogP contribution >= 0.6 is 0 Å². The molecule has 0 aromatic carbocycles. The van der Waals surface area contributed by atoms with Crippen LogP contribution < -0.4 is 0 Å². The van der Waals surface area contributed by atoms with Gasteiger partial charge in [0, 0.05) is 12.4 Å². The number of nitrogens with zero attached hydrogens (tertiary/aromatic N) is 2. The lowest BCUT2D eigenvalue weighted by Crippen LogP contribution is -2.28. The van der Waals surface area contributed by atoms with Crippen molar-refractivity contribution in [2.45, 2.75) is 32.5 Å². The third-order valence-corrected chi connectivity index (χ3v) is 2.54. The summed E-state index contributed by atoms with van der Waals surface area (Å²) in [5.41, 5.74) is 0.853. The van der Waals surface area contributed by atoms with E-state index in [0.717, 1.165) is 5.65 Å². The van der Waals surface area contributed by atoms with E-state index in [9.17, 15) is 4.79 Å². The van der Waals surface area contributed by atoms with Crippen molar-refractivity contribution in [1.82, 2.24) is 9.38 Å². The van der Waals surface area contributed by atoms with Crippen LogP contribution in [0.5, 0.6) is 0 Å². The molecule has 5 heteroatoms. The molecule has 2 heterocycles. The fraction of sp³-hybridized carbons (Fsp3) is 0.429. The first-order valence-corrected chi connectivity index (χ1v) is 6.10. The smallest absolute Gasteiger partial charge is 0.341 e. The largest absolute Gasteiger partial charge is 0.467 e. The van der Waals surface area contributed by atoms with E-state index in [1.165, 1.54) is 7.11 Å². The number of aromatic nitrogens is 2. The third kappa shape index (κ3) is 3.12. The van der Waals surface area contributed by atoms with E-state index in [1.807, 2.05) is 49.6 Å². The summed E-state index contributed by atoms with van der Waals surface area (Å²) >= 11 is 0. The quantitative estimate of drug-likeness (QED) is 0.797. The van der Waals surface area contributed by atoms with Crippen LogP contribution in [-0.2, 0) is 14.3 Å². The number of carbonyl (C=O) groups is 1. The van der Waals surface area contributed by atoms with Crippen LogP contribution in [0.15, 0.2) is 30.6 Å². The van der Waals surface area contributed by atoms with E-state index in [0.29, 0.717) is 5.69 Å². The first kappa shape index (κ1) is 13.5. The Bertz CT molecular complexity index is 551. The van der Waals surface area contributed by atoms with Gasteiger partial charge < -0.3 is 13.9 Å². The van der Waals surface area contributed by atoms with E-state index in [2.05, 4.69) is 4.98 Å². The Labute approximate surface area is 112 Å². The normalized spacial score (nSPS) is 13.5. The highest BCUT2D eigenvalue weighted by Gasteiger charge is 2.30. The van der Waals surface area contributed by atoms with Crippen LogP contribution in [0.25, 0.3) is 5.65 Å². The summed E-state index contributed by atoms with van der Waals surface area (Å²) in [7, 11) is 1.34. The highest BCUT2D eigenvalue weighted by atomic mass is 16.6. The molecule has 1 atom stereocenters. The van der Waals surface area contributed by atoms with Gasteiger partial charge in [0.1, 0.15) is 5.65 Å². The molecule has 0 aliphatic carbocycles. The topological polar surface area (TPSA) is 52.8 Å². The number of ether oxygens (including phenoxy) is 2. The molecule has 0 aliphatic rings. The number of imidazole rings is 1. The van der Waals surface area contributed by atoms with Gasteiger partial charge in [-0.25, -0.2) is 9.78 Å². The number of methoxy groups -OCH3 is 1. The third-order valence-electron chi connectivity index (χ3n) is 2.54. The molecule has 0 radical (unpaired) electrons. The fourth-order valence-electron chi connectivity index (χ4n) is 1.77. The maximum absolute atomic E-state index is 11.9. The molecule has 0 saturated carbocycles. The number of fused-ring (bicyclic) bond motifs is 1. The van der Waals surface area contributed by atoms with Crippen molar-refractivity contribution < 1.29 is 14.3 Å². The van der Waals surface area contributed by atoms with Crippen LogP contribution in [0.1, 0.15) is 32.6 Å². The Morgan fingerprint density at radius 1 is 1.37 bits per heavy atom. The molecule has 2 aromatic rings. The maximum Gasteiger partial charge on any atom is 0.341 e. The minimum atomic E-state index is -0.815. The van der Waals surface area contributed by atoms with Gasteiger partial charge in [-0.2, -0.15) is 0 Å². The molecule has 0 bridgehead atoms. The molecular formula is C14H18N2O3. The molecule has 0 aliphatic heterocycles. The number of esters is 1. The van der Waals surface area contributed by atoms with Crippen LogP contribution in [0, 0.1) is 0 Å². The van der Waals surface area contributed by atoms with E-state index in [-0.39, 0.29) is 0 Å². The molecule has 0 saturated heterocycles. The lowest BCUT2D eigenvalue weighted by molar-refractivity contribution is -0.164. The van der Waals surface area contributed by atoms with Gasteiger partial charge in [-0.3, -0.25) is 0 Å². The van der Waals surface area contributed by atoms with Crippen LogP contribution in [0.2, 0.25) is 0 Å². The van der Waals surface area contributed by atoms with Crippen LogP contribution in [-0.4, -0.2) is 28.1 Å². The van der Waals surface area contributed by atoms with Gasteiger partial charge in [0.05, 0.1) is 18.4 Å². The van der Waals surface area contributed by atoms with Crippen molar-refractivity contribution in [3.05, 3.63) is 36.3 Å². The molecule has 0 amide bonds. The molecule has 19 heavy (non-hydrogen) atoms. The summed E-state index contributed by atoms with van der Waals surface area (Å²) in [6, 6.07) is 5.66. The van der Waals surface area contributed by atoms with Crippen molar-refractivity contribution in [1.29, 1.82) is 0 Å². The first-order valence-electron chi connectivity index (χ1n) is 6.10. The lowest BCUT2D eigenvalue weighted by atomic mass is 10.1. The van der Waals surface area contributed by atoms with Gasteiger partial charge in [-0.05, 0) is 32.9 Å². The zero-order valence-electron chi connectivity index (χ0n) is 11.6. The summed E-state index contributed by atoms with van der Waals surface area (Å²) in [6.45, 7) is 5.66. The maximum atomic E-state index is 11.9. The number of pyridine rings is 1. The highest BCUT2D eigenvalue weighted by molar-refractivity contribution is 5.76. The summed E-state index contributed by atoms with van der Waals surface area (Å²) in [5, 5.41) is 0. The predicted octanol–water partition coefficient (Wildman–Crippen LogP) is 2.36. The number of carbonyl (C=O) groups excluding carboxylic acids is 1. The molecule has 5 nitrogen and oxygen atoms in total. The van der Waals surface area contributed by atoms with Crippen LogP contribution in [0.3, 0.4) is 0 Å². The molecule has 0 fully saturated rings. The Morgan fingerprint density at radius 3 is 2.68 bits per heavy atom. The summed E-state index contributed by atoms with van der Waals surface area (Å²) in [4.78, 5) is 16.3. The Morgan fingerprint density at radius 2 is 2.11 bits per heavy atom. The number of hydrogen-bond acceptors (Lipinski definition) is 4. The zero-order valence-corrected chi connectivity index (χ0v) is 11.6. The van der Waals surface area contributed by atoms with Gasteiger partial charge >= 0.3 is 5.97 Å². The number of rotatable bonds is 3. The van der Waals surface area contributed by atoms with E-state index < -0.39 is 17.7 Å². The molecule has 102 valence electrons. The minimum absolute atomic E-state index is 0.446. The monoisotopic (exact) mass is 262 g/mol. The highest BCUT2D eigenvalue weighted by Crippen LogP contribution is 2.24. The van der Waals surface area contributed by atoms with Gasteiger partial charge in [0.15, 0.2) is 6.10 Å². The Kier molecular flexibility index (Phi) is 3.57. The first-order chi connectivity index (χ1) is 8.90. The van der Waals surface area contributed by atoms with Crippen LogP contribution in [0.4, 0.5) is 0 Å². The van der Waals surface area contributed by atoms with Crippen molar-refractivity contribution in [2.75, 3.05) is 7.11 Å². The van der Waals surface area contributed by atoms with Crippen molar-refractivity contribution >= 4 is 11.6 Å². The average molecular weight is 262 g/mol. The fourth-order valence-corrected chi connectivity index (χ4v) is 1.77. The Hall–Kier alpha value is -1.88. The predicted molar refractivity (Wildman–Crippen MR) is 70.8 cm³/mol. The second-order valence-electron chi connectivity index (χ2n) is 5.27. The summed E-state index contributed by atoms with van der Waals surface area (Å²) in [5.74, 6) is -0.446. The van der Waals surface area contributed by atoms with Gasteiger partial charge in [-0.1, -0.05) is 6.07 Å². The Balaban J connectivity index is 2.39. The average Bonchev–Trinajstić information content (AvgIpc) is 2.77. The molecule has 2 rings (SSSR count). The van der Waals surface area contributed by atoms with Crippen molar-refractivity contribution in [3.8, 4) is 0 Å². The van der Waals surface area contributed by atoms with E-state index >= 15 is 0 Å². The standard InChI is InChI=1S/C14H18N2O3/c1-14(2,3)19-12(13(17)18-4)10-9-16-8-6-5-7-11(16)15-10/h5-9,12H,1-4H3. The molecule has 2 aromatic heterocycles.